The molecule has 0 aromatic heterocycles. The van der Waals surface area contributed by atoms with Crippen LogP contribution in [0, 0.1) is 0 Å². The van der Waals surface area contributed by atoms with E-state index in [4.69, 9.17) is 4.74 Å². The average molecular weight is 221 g/mol. The van der Waals surface area contributed by atoms with Crippen molar-refractivity contribution in [3.8, 4) is 5.75 Å². The van der Waals surface area contributed by atoms with Gasteiger partial charge in [-0.2, -0.15) is 0 Å². The van der Waals surface area contributed by atoms with Crippen LogP contribution in [-0.2, 0) is 9.53 Å². The van der Waals surface area contributed by atoms with Gasteiger partial charge in [-0.25, -0.2) is 0 Å². The van der Waals surface area contributed by atoms with Crippen LogP contribution in [0.15, 0.2) is 24.3 Å². The third-order valence-electron chi connectivity index (χ3n) is 2.65. The molecule has 86 valence electrons. The molecule has 1 aliphatic heterocycles. The van der Waals surface area contributed by atoms with Crippen molar-refractivity contribution in [2.45, 2.75) is 12.5 Å². The van der Waals surface area contributed by atoms with Crippen molar-refractivity contribution in [2.24, 2.45) is 0 Å². The van der Waals surface area contributed by atoms with Crippen molar-refractivity contribution in [1.29, 1.82) is 0 Å². The van der Waals surface area contributed by atoms with Crippen LogP contribution in [0.25, 0.3) is 0 Å². The Morgan fingerprint density at radius 3 is 3.19 bits per heavy atom. The maximum Gasteiger partial charge on any atom is 0.306 e. The Morgan fingerprint density at radius 2 is 2.38 bits per heavy atom. The molecule has 0 bridgehead atoms. The first-order valence-electron chi connectivity index (χ1n) is 5.33. The number of fused-ring (bicyclic) bond motifs is 1. The summed E-state index contributed by atoms with van der Waals surface area (Å²) in [7, 11) is 1.40. The summed E-state index contributed by atoms with van der Waals surface area (Å²) in [6.45, 7) is 1.23. The van der Waals surface area contributed by atoms with Crippen LogP contribution in [0.3, 0.4) is 0 Å². The standard InChI is InChI=1S/C12H15NO3/c1-15-12(14)6-7-13-10-8-16-11-5-3-2-4-9(10)11/h2-5,10,13H,6-8H2,1H3. The van der Waals surface area contributed by atoms with Crippen LogP contribution in [0.1, 0.15) is 18.0 Å². The molecule has 1 N–H and O–H groups in total. The molecule has 0 amide bonds. The minimum absolute atomic E-state index is 0.181. The van der Waals surface area contributed by atoms with Gasteiger partial charge in [-0.05, 0) is 6.07 Å². The topological polar surface area (TPSA) is 47.6 Å². The summed E-state index contributed by atoms with van der Waals surface area (Å²) >= 11 is 0. The summed E-state index contributed by atoms with van der Waals surface area (Å²) in [6, 6.07) is 8.12. The molecule has 4 heteroatoms. The quantitative estimate of drug-likeness (QED) is 0.778. The number of rotatable bonds is 4. The Labute approximate surface area is 94.6 Å². The van der Waals surface area contributed by atoms with Crippen molar-refractivity contribution in [3.05, 3.63) is 29.8 Å². The van der Waals surface area contributed by atoms with E-state index < -0.39 is 0 Å². The normalized spacial score (nSPS) is 17.7. The van der Waals surface area contributed by atoms with Crippen LogP contribution in [0.2, 0.25) is 0 Å². The summed E-state index contributed by atoms with van der Waals surface area (Å²) in [6.07, 6.45) is 0.384. The molecule has 4 nitrogen and oxygen atoms in total. The summed E-state index contributed by atoms with van der Waals surface area (Å²) in [5, 5.41) is 3.28. The fourth-order valence-electron chi connectivity index (χ4n) is 1.78. The zero-order valence-electron chi connectivity index (χ0n) is 9.23. The summed E-state index contributed by atoms with van der Waals surface area (Å²) in [5.41, 5.74) is 1.16. The number of para-hydroxylation sites is 1. The van der Waals surface area contributed by atoms with Gasteiger partial charge in [0.15, 0.2) is 0 Å². The second kappa shape index (κ2) is 4.99. The molecule has 1 atom stereocenters. The number of nitrogens with one attached hydrogen (secondary N) is 1. The van der Waals surface area contributed by atoms with Crippen molar-refractivity contribution in [2.75, 3.05) is 20.3 Å². The first-order chi connectivity index (χ1) is 7.81. The molecular formula is C12H15NO3. The number of hydrogen-bond donors (Lipinski definition) is 1. The van der Waals surface area contributed by atoms with Crippen molar-refractivity contribution in [1.82, 2.24) is 5.32 Å². The third kappa shape index (κ3) is 2.33. The van der Waals surface area contributed by atoms with Gasteiger partial charge in [0, 0.05) is 12.1 Å². The van der Waals surface area contributed by atoms with E-state index in [0.29, 0.717) is 19.6 Å². The molecule has 0 spiro atoms. The van der Waals surface area contributed by atoms with Crippen LogP contribution in [0.4, 0.5) is 0 Å². The fourth-order valence-corrected chi connectivity index (χ4v) is 1.78. The number of esters is 1. The zero-order valence-corrected chi connectivity index (χ0v) is 9.23. The Kier molecular flexibility index (Phi) is 3.41. The average Bonchev–Trinajstić information content (AvgIpc) is 2.73. The first kappa shape index (κ1) is 11.0. The van der Waals surface area contributed by atoms with Gasteiger partial charge in [-0.15, -0.1) is 0 Å². The predicted molar refractivity (Wildman–Crippen MR) is 59.3 cm³/mol. The number of carbonyl (C=O) groups is 1. The Balaban J connectivity index is 1.86. The number of carbonyl (C=O) groups excluding carboxylic acids is 1. The van der Waals surface area contributed by atoms with Crippen molar-refractivity contribution < 1.29 is 14.3 Å². The van der Waals surface area contributed by atoms with E-state index >= 15 is 0 Å². The molecule has 1 unspecified atom stereocenters. The first-order valence-corrected chi connectivity index (χ1v) is 5.33. The van der Waals surface area contributed by atoms with E-state index in [9.17, 15) is 4.79 Å². The van der Waals surface area contributed by atoms with Gasteiger partial charge in [0.2, 0.25) is 0 Å². The monoisotopic (exact) mass is 221 g/mol. The highest BCUT2D eigenvalue weighted by atomic mass is 16.5. The SMILES string of the molecule is COC(=O)CCNC1COc2ccccc21. The van der Waals surface area contributed by atoms with Crippen LogP contribution in [0.5, 0.6) is 5.75 Å². The second-order valence-electron chi connectivity index (χ2n) is 3.68. The summed E-state index contributed by atoms with van der Waals surface area (Å²) in [5.74, 6) is 0.734. The van der Waals surface area contributed by atoms with Gasteiger partial charge in [-0.3, -0.25) is 4.79 Å². The molecule has 1 heterocycles. The molecule has 0 aliphatic carbocycles. The fraction of sp³-hybridized carbons (Fsp3) is 0.417. The smallest absolute Gasteiger partial charge is 0.306 e. The van der Waals surface area contributed by atoms with Crippen molar-refractivity contribution >= 4 is 5.97 Å². The minimum Gasteiger partial charge on any atom is -0.491 e. The number of benzene rings is 1. The molecule has 1 aromatic carbocycles. The van der Waals surface area contributed by atoms with Crippen molar-refractivity contribution in [3.63, 3.8) is 0 Å². The van der Waals surface area contributed by atoms with E-state index in [2.05, 4.69) is 10.1 Å². The van der Waals surface area contributed by atoms with Gasteiger partial charge in [-0.1, -0.05) is 18.2 Å². The molecule has 0 saturated carbocycles. The van der Waals surface area contributed by atoms with E-state index in [0.717, 1.165) is 11.3 Å². The molecule has 1 aromatic rings. The molecule has 2 rings (SSSR count). The predicted octanol–water partition coefficient (Wildman–Crippen LogP) is 1.27. The highest BCUT2D eigenvalue weighted by molar-refractivity contribution is 5.69. The number of methoxy groups -OCH3 is 1. The van der Waals surface area contributed by atoms with E-state index in [1.165, 1.54) is 7.11 Å². The Morgan fingerprint density at radius 1 is 1.56 bits per heavy atom. The van der Waals surface area contributed by atoms with Crippen LogP contribution < -0.4 is 10.1 Å². The van der Waals surface area contributed by atoms with Gasteiger partial charge < -0.3 is 14.8 Å². The van der Waals surface area contributed by atoms with Crippen LogP contribution in [-0.4, -0.2) is 26.2 Å². The van der Waals surface area contributed by atoms with E-state index in [1.807, 2.05) is 24.3 Å². The third-order valence-corrected chi connectivity index (χ3v) is 2.65. The molecule has 16 heavy (non-hydrogen) atoms. The lowest BCUT2D eigenvalue weighted by Gasteiger charge is -2.10. The zero-order chi connectivity index (χ0) is 11.4. The molecule has 0 saturated heterocycles. The summed E-state index contributed by atoms with van der Waals surface area (Å²) in [4.78, 5) is 10.9. The highest BCUT2D eigenvalue weighted by Gasteiger charge is 2.22. The molecule has 1 aliphatic rings. The van der Waals surface area contributed by atoms with Gasteiger partial charge >= 0.3 is 5.97 Å². The van der Waals surface area contributed by atoms with E-state index in [-0.39, 0.29) is 12.0 Å². The second-order valence-corrected chi connectivity index (χ2v) is 3.68. The van der Waals surface area contributed by atoms with Crippen LogP contribution >= 0.6 is 0 Å². The van der Waals surface area contributed by atoms with Gasteiger partial charge in [0.25, 0.3) is 0 Å². The molecule has 0 fully saturated rings. The Hall–Kier alpha value is -1.55. The lowest BCUT2D eigenvalue weighted by molar-refractivity contribution is -0.140. The van der Waals surface area contributed by atoms with Gasteiger partial charge in [0.1, 0.15) is 12.4 Å². The molecular weight excluding hydrogens is 206 g/mol. The molecule has 0 radical (unpaired) electrons. The highest BCUT2D eigenvalue weighted by Crippen LogP contribution is 2.31. The number of ether oxygens (including phenoxy) is 2. The maximum absolute atomic E-state index is 10.9. The van der Waals surface area contributed by atoms with Gasteiger partial charge in [0.05, 0.1) is 19.6 Å². The summed E-state index contributed by atoms with van der Waals surface area (Å²) < 4.78 is 10.1. The van der Waals surface area contributed by atoms with E-state index in [1.54, 1.807) is 0 Å². The lowest BCUT2D eigenvalue weighted by Crippen LogP contribution is -2.25. The largest absolute Gasteiger partial charge is 0.491 e. The number of hydrogen-bond acceptors (Lipinski definition) is 4. The lowest BCUT2D eigenvalue weighted by atomic mass is 10.1. The minimum atomic E-state index is -0.195. The Bertz CT molecular complexity index is 378. The maximum atomic E-state index is 10.9.